The van der Waals surface area contributed by atoms with Gasteiger partial charge in [-0.25, -0.2) is 0 Å². The fourth-order valence-electron chi connectivity index (χ4n) is 1.96. The van der Waals surface area contributed by atoms with Gasteiger partial charge in [-0.2, -0.15) is 0 Å². The average molecular weight is 379 g/mol. The molecule has 25 heavy (non-hydrogen) atoms. The van der Waals surface area contributed by atoms with Crippen molar-refractivity contribution in [2.75, 3.05) is 23.9 Å². The summed E-state index contributed by atoms with van der Waals surface area (Å²) in [5.41, 5.74) is 1.67. The van der Waals surface area contributed by atoms with E-state index in [4.69, 9.17) is 16.3 Å². The van der Waals surface area contributed by atoms with Crippen LogP contribution >= 0.6 is 23.4 Å². The molecule has 7 heteroatoms. The fraction of sp³-hybridized carbons (Fsp3) is 0.222. The molecule has 0 fully saturated rings. The first-order valence-electron chi connectivity index (χ1n) is 7.59. The lowest BCUT2D eigenvalue weighted by Gasteiger charge is -2.07. The van der Waals surface area contributed by atoms with E-state index in [9.17, 15) is 9.59 Å². The molecule has 0 aliphatic heterocycles. The summed E-state index contributed by atoms with van der Waals surface area (Å²) in [4.78, 5) is 23.6. The van der Waals surface area contributed by atoms with Crippen LogP contribution in [0.2, 0.25) is 5.02 Å². The van der Waals surface area contributed by atoms with Crippen LogP contribution in [-0.2, 0) is 16.1 Å². The Bertz CT molecular complexity index is 705. The number of amides is 2. The van der Waals surface area contributed by atoms with Crippen molar-refractivity contribution in [2.24, 2.45) is 0 Å². The summed E-state index contributed by atoms with van der Waals surface area (Å²) in [5.74, 6) is 0.895. The summed E-state index contributed by atoms with van der Waals surface area (Å²) in [6.45, 7) is 0.439. The fourth-order valence-corrected chi connectivity index (χ4v) is 2.73. The highest BCUT2D eigenvalue weighted by molar-refractivity contribution is 8.00. The molecule has 0 aliphatic carbocycles. The van der Waals surface area contributed by atoms with Gasteiger partial charge in [0.15, 0.2) is 0 Å². The Morgan fingerprint density at radius 2 is 1.64 bits per heavy atom. The van der Waals surface area contributed by atoms with Crippen LogP contribution in [0.15, 0.2) is 48.5 Å². The third-order valence-electron chi connectivity index (χ3n) is 3.24. The highest BCUT2D eigenvalue weighted by Gasteiger charge is 2.06. The lowest BCUT2D eigenvalue weighted by atomic mass is 10.2. The predicted octanol–water partition coefficient (Wildman–Crippen LogP) is 3.34. The third-order valence-corrected chi connectivity index (χ3v) is 4.43. The SMILES string of the molecule is COc1ccc(NC(=O)CSCC(=O)NCc2ccc(Cl)cc2)cc1. The molecule has 2 aromatic rings. The van der Waals surface area contributed by atoms with Gasteiger partial charge in [0.2, 0.25) is 11.8 Å². The number of carbonyl (C=O) groups is 2. The molecule has 2 rings (SSSR count). The zero-order valence-corrected chi connectivity index (χ0v) is 15.3. The Morgan fingerprint density at radius 1 is 1.00 bits per heavy atom. The van der Waals surface area contributed by atoms with Gasteiger partial charge >= 0.3 is 0 Å². The number of hydrogen-bond donors (Lipinski definition) is 2. The second-order valence-corrected chi connectivity index (χ2v) is 6.59. The molecule has 132 valence electrons. The van der Waals surface area contributed by atoms with E-state index in [0.29, 0.717) is 17.3 Å². The van der Waals surface area contributed by atoms with E-state index in [1.807, 2.05) is 12.1 Å². The van der Waals surface area contributed by atoms with Crippen molar-refractivity contribution in [1.82, 2.24) is 5.32 Å². The van der Waals surface area contributed by atoms with Crippen molar-refractivity contribution >= 4 is 40.9 Å². The molecule has 0 saturated heterocycles. The van der Waals surface area contributed by atoms with Crippen LogP contribution in [-0.4, -0.2) is 30.4 Å². The van der Waals surface area contributed by atoms with Gasteiger partial charge < -0.3 is 15.4 Å². The van der Waals surface area contributed by atoms with Crippen LogP contribution in [0.3, 0.4) is 0 Å². The van der Waals surface area contributed by atoms with Crippen LogP contribution < -0.4 is 15.4 Å². The number of methoxy groups -OCH3 is 1. The Balaban J connectivity index is 1.64. The van der Waals surface area contributed by atoms with Crippen LogP contribution in [0, 0.1) is 0 Å². The summed E-state index contributed by atoms with van der Waals surface area (Å²) < 4.78 is 5.06. The standard InChI is InChI=1S/C18H19ClN2O3S/c1-24-16-8-6-15(7-9-16)21-18(23)12-25-11-17(22)20-10-13-2-4-14(19)5-3-13/h2-9H,10-12H2,1H3,(H,20,22)(H,21,23). The van der Waals surface area contributed by atoms with Crippen LogP contribution in [0.5, 0.6) is 5.75 Å². The largest absolute Gasteiger partial charge is 0.497 e. The first-order chi connectivity index (χ1) is 12.1. The summed E-state index contributed by atoms with van der Waals surface area (Å²) in [6, 6.07) is 14.3. The maximum absolute atomic E-state index is 11.9. The zero-order chi connectivity index (χ0) is 18.1. The predicted molar refractivity (Wildman–Crippen MR) is 102 cm³/mol. The summed E-state index contributed by atoms with van der Waals surface area (Å²) in [6.07, 6.45) is 0. The van der Waals surface area contributed by atoms with Crippen LogP contribution in [0.1, 0.15) is 5.56 Å². The zero-order valence-electron chi connectivity index (χ0n) is 13.8. The van der Waals surface area contributed by atoms with Crippen molar-refractivity contribution in [2.45, 2.75) is 6.54 Å². The minimum absolute atomic E-state index is 0.114. The molecular formula is C18H19ClN2O3S. The summed E-state index contributed by atoms with van der Waals surface area (Å²) >= 11 is 7.07. The molecule has 0 aromatic heterocycles. The summed E-state index contributed by atoms with van der Waals surface area (Å²) in [7, 11) is 1.59. The maximum atomic E-state index is 11.9. The van der Waals surface area contributed by atoms with Gasteiger partial charge in [-0.05, 0) is 42.0 Å². The first kappa shape index (κ1) is 19.1. The lowest BCUT2D eigenvalue weighted by Crippen LogP contribution is -2.25. The number of benzene rings is 2. The molecule has 2 aromatic carbocycles. The highest BCUT2D eigenvalue weighted by atomic mass is 35.5. The van der Waals surface area contributed by atoms with Crippen LogP contribution in [0.25, 0.3) is 0 Å². The minimum atomic E-state index is -0.152. The molecule has 0 heterocycles. The van der Waals surface area contributed by atoms with E-state index in [2.05, 4.69) is 10.6 Å². The van der Waals surface area contributed by atoms with Crippen molar-refractivity contribution in [3.63, 3.8) is 0 Å². The second-order valence-electron chi connectivity index (χ2n) is 5.17. The molecule has 0 bridgehead atoms. The Labute approximate surface area is 156 Å². The van der Waals surface area contributed by atoms with E-state index >= 15 is 0 Å². The van der Waals surface area contributed by atoms with Gasteiger partial charge in [0, 0.05) is 17.3 Å². The molecule has 2 amide bonds. The Hall–Kier alpha value is -2.18. The summed E-state index contributed by atoms with van der Waals surface area (Å²) in [5, 5.41) is 6.24. The number of carbonyl (C=O) groups excluding carboxylic acids is 2. The van der Waals surface area contributed by atoms with Gasteiger partial charge in [0.05, 0.1) is 18.6 Å². The first-order valence-corrected chi connectivity index (χ1v) is 9.13. The normalized spacial score (nSPS) is 10.2. The van der Waals surface area contributed by atoms with Gasteiger partial charge in [-0.3, -0.25) is 9.59 Å². The van der Waals surface area contributed by atoms with Crippen LogP contribution in [0.4, 0.5) is 5.69 Å². The number of ether oxygens (including phenoxy) is 1. The molecule has 0 saturated carbocycles. The second kappa shape index (κ2) is 9.96. The van der Waals surface area contributed by atoms with E-state index < -0.39 is 0 Å². The van der Waals surface area contributed by atoms with Gasteiger partial charge in [0.25, 0.3) is 0 Å². The van der Waals surface area contributed by atoms with E-state index in [1.54, 1.807) is 43.5 Å². The molecule has 0 radical (unpaired) electrons. The average Bonchev–Trinajstić information content (AvgIpc) is 2.62. The van der Waals surface area contributed by atoms with Gasteiger partial charge in [-0.15, -0.1) is 11.8 Å². The van der Waals surface area contributed by atoms with Crippen molar-refractivity contribution < 1.29 is 14.3 Å². The maximum Gasteiger partial charge on any atom is 0.234 e. The van der Waals surface area contributed by atoms with E-state index in [1.165, 1.54) is 11.8 Å². The number of rotatable bonds is 8. The molecule has 5 nitrogen and oxygen atoms in total. The number of thioether (sulfide) groups is 1. The smallest absolute Gasteiger partial charge is 0.234 e. The highest BCUT2D eigenvalue weighted by Crippen LogP contribution is 2.15. The Morgan fingerprint density at radius 3 is 2.28 bits per heavy atom. The third kappa shape index (κ3) is 7.07. The number of halogens is 1. The Kier molecular flexibility index (Phi) is 7.63. The molecular weight excluding hydrogens is 360 g/mol. The molecule has 0 spiro atoms. The number of nitrogens with one attached hydrogen (secondary N) is 2. The monoisotopic (exact) mass is 378 g/mol. The molecule has 0 aliphatic rings. The van der Waals surface area contributed by atoms with E-state index in [-0.39, 0.29) is 23.3 Å². The number of hydrogen-bond acceptors (Lipinski definition) is 4. The van der Waals surface area contributed by atoms with Crippen molar-refractivity contribution in [1.29, 1.82) is 0 Å². The van der Waals surface area contributed by atoms with E-state index in [0.717, 1.165) is 11.3 Å². The van der Waals surface area contributed by atoms with Gasteiger partial charge in [0.1, 0.15) is 5.75 Å². The topological polar surface area (TPSA) is 67.4 Å². The molecule has 2 N–H and O–H groups in total. The molecule has 0 atom stereocenters. The van der Waals surface area contributed by atoms with Gasteiger partial charge in [-0.1, -0.05) is 23.7 Å². The molecule has 0 unspecified atom stereocenters. The quantitative estimate of drug-likeness (QED) is 0.739. The minimum Gasteiger partial charge on any atom is -0.497 e. The van der Waals surface area contributed by atoms with Crippen molar-refractivity contribution in [3.8, 4) is 5.75 Å². The van der Waals surface area contributed by atoms with Crippen molar-refractivity contribution in [3.05, 3.63) is 59.1 Å². The lowest BCUT2D eigenvalue weighted by molar-refractivity contribution is -0.118. The number of anilines is 1.